The number of hydrogen-bond donors (Lipinski definition) is 3. The van der Waals surface area contributed by atoms with Crippen LogP contribution in [0.1, 0.15) is 22.4 Å². The highest BCUT2D eigenvalue weighted by Gasteiger charge is 2.22. The van der Waals surface area contributed by atoms with Gasteiger partial charge in [0, 0.05) is 22.8 Å². The molecule has 0 saturated heterocycles. The lowest BCUT2D eigenvalue weighted by atomic mass is 10.1. The van der Waals surface area contributed by atoms with Gasteiger partial charge in [0.1, 0.15) is 19.3 Å². The molecule has 0 aliphatic carbocycles. The van der Waals surface area contributed by atoms with E-state index in [0.29, 0.717) is 29.4 Å². The number of carbonyl (C=O) groups is 2. The number of carbonyl (C=O) groups excluding carboxylic acids is 2. The number of methoxy groups -OCH3 is 1. The van der Waals surface area contributed by atoms with Gasteiger partial charge in [0.15, 0.2) is 11.5 Å². The molecule has 4 rings (SSSR count). The molecule has 3 N–H and O–H groups in total. The highest BCUT2D eigenvalue weighted by Crippen LogP contribution is 2.28. The maximum atomic E-state index is 12.9. The van der Waals surface area contributed by atoms with Crippen LogP contribution in [0.5, 0.6) is 11.5 Å². The van der Waals surface area contributed by atoms with Crippen LogP contribution in [0.4, 0.5) is 4.79 Å². The second-order valence-corrected chi connectivity index (χ2v) is 9.51. The summed E-state index contributed by atoms with van der Waals surface area (Å²) in [6, 6.07) is 21.4. The number of nitrogens with one attached hydrogen (secondary N) is 3. The number of H-pyrrole nitrogens is 1. The van der Waals surface area contributed by atoms with Gasteiger partial charge in [-0.1, -0.05) is 58.4 Å². The summed E-state index contributed by atoms with van der Waals surface area (Å²) < 4.78 is 17.6. The molecular weight excluding hydrogens is 578 g/mol. The third kappa shape index (κ3) is 8.70. The Morgan fingerprint density at radius 2 is 1.80 bits per heavy atom. The highest BCUT2D eigenvalue weighted by molar-refractivity contribution is 9.10. The quantitative estimate of drug-likeness (QED) is 0.158. The van der Waals surface area contributed by atoms with Gasteiger partial charge in [0.05, 0.1) is 19.7 Å². The van der Waals surface area contributed by atoms with Gasteiger partial charge in [0.2, 0.25) is 0 Å². The van der Waals surface area contributed by atoms with Crippen LogP contribution in [0.2, 0.25) is 0 Å². The van der Waals surface area contributed by atoms with E-state index in [4.69, 9.17) is 14.2 Å². The number of amides is 2. The molecule has 0 unspecified atom stereocenters. The number of alkyl carbamates (subject to hydrolysis) is 1. The lowest BCUT2D eigenvalue weighted by molar-refractivity contribution is -0.123. The predicted octanol–water partition coefficient (Wildman–Crippen LogP) is 4.75. The zero-order valence-electron chi connectivity index (χ0n) is 21.7. The Morgan fingerprint density at radius 3 is 2.52 bits per heavy atom. The Kier molecular flexibility index (Phi) is 10.3. The van der Waals surface area contributed by atoms with Crippen molar-refractivity contribution in [1.82, 2.24) is 20.7 Å². The molecule has 0 saturated carbocycles. The Balaban J connectivity index is 1.34. The average molecular weight is 606 g/mol. The molecule has 1 aromatic heterocycles. The first-order chi connectivity index (χ1) is 19.5. The Hall–Kier alpha value is -4.64. The molecule has 11 heteroatoms. The van der Waals surface area contributed by atoms with Gasteiger partial charge in [-0.3, -0.25) is 4.79 Å². The fourth-order valence-corrected chi connectivity index (χ4v) is 3.87. The van der Waals surface area contributed by atoms with Gasteiger partial charge in [-0.2, -0.15) is 5.10 Å². The fourth-order valence-electron chi connectivity index (χ4n) is 3.61. The first kappa shape index (κ1) is 28.4. The zero-order valence-corrected chi connectivity index (χ0v) is 23.3. The molecule has 0 fully saturated rings. The molecule has 2 amide bonds. The van der Waals surface area contributed by atoms with Crippen molar-refractivity contribution in [3.8, 4) is 11.5 Å². The summed E-state index contributed by atoms with van der Waals surface area (Å²) >= 11 is 3.42. The van der Waals surface area contributed by atoms with Gasteiger partial charge in [0.25, 0.3) is 5.91 Å². The van der Waals surface area contributed by atoms with Crippen LogP contribution in [0.25, 0.3) is 0 Å². The normalized spacial score (nSPS) is 11.6. The summed E-state index contributed by atoms with van der Waals surface area (Å²) in [5.74, 6) is 0.570. The second kappa shape index (κ2) is 14.5. The van der Waals surface area contributed by atoms with Crippen LogP contribution in [0.15, 0.2) is 94.9 Å². The molecule has 0 bridgehead atoms. The standard InChI is InChI=1S/C29H28BrN5O5/c1-38-27-13-22(9-12-26(27)39-17-21-7-10-23(30)11-8-21)15-33-35-28(36)25(14-24-16-31-19-32-24)34-29(37)40-18-20-5-3-2-4-6-20/h2-13,15-16,19,25H,14,17-18H2,1H3,(H,31,32)(H,34,37)(H,35,36)/b33-15-/t25-/m0/s1. The minimum atomic E-state index is -0.954. The van der Waals surface area contributed by atoms with Crippen LogP contribution in [0, 0.1) is 0 Å². The van der Waals surface area contributed by atoms with E-state index >= 15 is 0 Å². The van der Waals surface area contributed by atoms with Crippen molar-refractivity contribution in [2.24, 2.45) is 5.10 Å². The number of hydrazone groups is 1. The number of halogens is 1. The minimum Gasteiger partial charge on any atom is -0.493 e. The van der Waals surface area contributed by atoms with Crippen LogP contribution in [-0.2, 0) is 29.2 Å². The van der Waals surface area contributed by atoms with Crippen molar-refractivity contribution in [1.29, 1.82) is 0 Å². The Morgan fingerprint density at radius 1 is 1.02 bits per heavy atom. The number of ether oxygens (including phenoxy) is 3. The minimum absolute atomic E-state index is 0.0773. The molecule has 40 heavy (non-hydrogen) atoms. The van der Waals surface area contributed by atoms with E-state index in [0.717, 1.165) is 15.6 Å². The van der Waals surface area contributed by atoms with E-state index < -0.39 is 18.0 Å². The summed E-state index contributed by atoms with van der Waals surface area (Å²) in [6.07, 6.45) is 3.99. The molecule has 4 aromatic rings. The van der Waals surface area contributed by atoms with E-state index in [1.807, 2.05) is 54.6 Å². The smallest absolute Gasteiger partial charge is 0.408 e. The molecule has 3 aromatic carbocycles. The molecule has 206 valence electrons. The highest BCUT2D eigenvalue weighted by atomic mass is 79.9. The van der Waals surface area contributed by atoms with E-state index in [1.54, 1.807) is 31.5 Å². The van der Waals surface area contributed by atoms with Crippen LogP contribution in [-0.4, -0.2) is 41.3 Å². The Labute approximate surface area is 239 Å². The van der Waals surface area contributed by atoms with Crippen LogP contribution in [0.3, 0.4) is 0 Å². The number of imidazole rings is 1. The lowest BCUT2D eigenvalue weighted by Gasteiger charge is -2.16. The van der Waals surface area contributed by atoms with Crippen LogP contribution < -0.4 is 20.2 Å². The van der Waals surface area contributed by atoms with Crippen molar-refractivity contribution in [2.45, 2.75) is 25.7 Å². The maximum absolute atomic E-state index is 12.9. The number of nitrogens with zero attached hydrogens (tertiary/aromatic N) is 2. The molecule has 0 aliphatic heterocycles. The number of rotatable bonds is 12. The maximum Gasteiger partial charge on any atom is 0.408 e. The lowest BCUT2D eigenvalue weighted by Crippen LogP contribution is -2.47. The van der Waals surface area contributed by atoms with Crippen molar-refractivity contribution >= 4 is 34.1 Å². The average Bonchev–Trinajstić information content (AvgIpc) is 3.49. The van der Waals surface area contributed by atoms with Gasteiger partial charge in [-0.25, -0.2) is 15.2 Å². The molecule has 0 aliphatic rings. The topological polar surface area (TPSA) is 127 Å². The number of hydrogen-bond acceptors (Lipinski definition) is 7. The van der Waals surface area contributed by atoms with Gasteiger partial charge in [-0.15, -0.1) is 0 Å². The third-order valence-electron chi connectivity index (χ3n) is 5.68. The predicted molar refractivity (Wildman–Crippen MR) is 153 cm³/mol. The van der Waals surface area contributed by atoms with Crippen molar-refractivity contribution < 1.29 is 23.8 Å². The largest absolute Gasteiger partial charge is 0.493 e. The van der Waals surface area contributed by atoms with Crippen molar-refractivity contribution in [3.63, 3.8) is 0 Å². The summed E-state index contributed by atoms with van der Waals surface area (Å²) in [5, 5.41) is 6.65. The first-order valence-electron chi connectivity index (χ1n) is 12.3. The molecular formula is C29H28BrN5O5. The van der Waals surface area contributed by atoms with Gasteiger partial charge in [-0.05, 0) is 47.0 Å². The first-order valence-corrected chi connectivity index (χ1v) is 13.1. The second-order valence-electron chi connectivity index (χ2n) is 8.60. The van der Waals surface area contributed by atoms with Crippen LogP contribution >= 0.6 is 15.9 Å². The fraction of sp³-hybridized carbons (Fsp3) is 0.172. The zero-order chi connectivity index (χ0) is 28.2. The van der Waals surface area contributed by atoms with E-state index in [9.17, 15) is 9.59 Å². The molecule has 0 radical (unpaired) electrons. The van der Waals surface area contributed by atoms with Gasteiger partial charge < -0.3 is 24.5 Å². The molecule has 1 heterocycles. The number of aromatic amines is 1. The Bertz CT molecular complexity index is 1410. The van der Waals surface area contributed by atoms with Gasteiger partial charge >= 0.3 is 6.09 Å². The molecule has 1 atom stereocenters. The summed E-state index contributed by atoms with van der Waals surface area (Å²) in [7, 11) is 1.55. The number of benzene rings is 3. The third-order valence-corrected chi connectivity index (χ3v) is 6.21. The summed E-state index contributed by atoms with van der Waals surface area (Å²) in [4.78, 5) is 32.2. The van der Waals surface area contributed by atoms with E-state index in [2.05, 4.69) is 41.7 Å². The molecule has 0 spiro atoms. The van der Waals surface area contributed by atoms with Crippen molar-refractivity contribution in [3.05, 3.63) is 112 Å². The summed E-state index contributed by atoms with van der Waals surface area (Å²) in [5.41, 5.74) is 5.66. The van der Waals surface area contributed by atoms with E-state index in [1.165, 1.54) is 12.5 Å². The summed E-state index contributed by atoms with van der Waals surface area (Å²) in [6.45, 7) is 0.458. The van der Waals surface area contributed by atoms with Crippen molar-refractivity contribution in [2.75, 3.05) is 7.11 Å². The SMILES string of the molecule is COc1cc(/C=N\NC(=O)[C@H](Cc2cnc[nH]2)NC(=O)OCc2ccccc2)ccc1OCc1ccc(Br)cc1. The van der Waals surface area contributed by atoms with E-state index in [-0.39, 0.29) is 13.0 Å². The monoisotopic (exact) mass is 605 g/mol. The molecule has 10 nitrogen and oxygen atoms in total. The number of aromatic nitrogens is 2.